The van der Waals surface area contributed by atoms with Gasteiger partial charge in [-0.15, -0.1) is 0 Å². The van der Waals surface area contributed by atoms with Gasteiger partial charge in [-0.1, -0.05) is 0 Å². The summed E-state index contributed by atoms with van der Waals surface area (Å²) in [6, 6.07) is 4.93. The van der Waals surface area contributed by atoms with Gasteiger partial charge in [0.1, 0.15) is 12.2 Å². The molecule has 0 atom stereocenters. The number of rotatable bonds is 6. The second kappa shape index (κ2) is 6.87. The van der Waals surface area contributed by atoms with Gasteiger partial charge in [0.25, 0.3) is 5.91 Å². The second-order valence-electron chi connectivity index (χ2n) is 4.81. The Labute approximate surface area is 132 Å². The number of carboxylic acids is 1. The van der Waals surface area contributed by atoms with Gasteiger partial charge < -0.3 is 24.3 Å². The topological polar surface area (TPSA) is 98.0 Å². The number of benzene rings is 1. The largest absolute Gasteiger partial charge is 0.493 e. The Balaban J connectivity index is 2.26. The van der Waals surface area contributed by atoms with Crippen LogP contribution < -0.4 is 14.8 Å². The number of anilines is 1. The summed E-state index contributed by atoms with van der Waals surface area (Å²) in [5.41, 5.74) is 1.29. The van der Waals surface area contributed by atoms with Crippen LogP contribution in [-0.2, 0) is 11.2 Å². The summed E-state index contributed by atoms with van der Waals surface area (Å²) in [6.45, 7) is 1.68. The molecule has 1 aromatic heterocycles. The maximum Gasteiger partial charge on any atom is 0.311 e. The monoisotopic (exact) mass is 319 g/mol. The first-order valence-electron chi connectivity index (χ1n) is 6.78. The van der Waals surface area contributed by atoms with Crippen LogP contribution in [0.2, 0.25) is 0 Å². The molecule has 0 saturated carbocycles. The SMILES string of the molecule is COc1ccc(NC(=O)c2c(C)coc2CC(=O)O)cc1OC. The molecule has 0 unspecified atom stereocenters. The van der Waals surface area contributed by atoms with Crippen molar-refractivity contribution in [3.63, 3.8) is 0 Å². The molecule has 1 amide bonds. The zero-order valence-corrected chi connectivity index (χ0v) is 13.0. The Bertz CT molecular complexity index is 734. The Morgan fingerprint density at radius 3 is 2.52 bits per heavy atom. The van der Waals surface area contributed by atoms with Crippen LogP contribution in [0.15, 0.2) is 28.9 Å². The van der Waals surface area contributed by atoms with E-state index < -0.39 is 11.9 Å². The quantitative estimate of drug-likeness (QED) is 0.849. The van der Waals surface area contributed by atoms with Gasteiger partial charge in [-0.05, 0) is 19.1 Å². The van der Waals surface area contributed by atoms with Crippen LogP contribution in [0.4, 0.5) is 5.69 Å². The highest BCUT2D eigenvalue weighted by molar-refractivity contribution is 6.06. The van der Waals surface area contributed by atoms with Crippen LogP contribution in [0, 0.1) is 6.92 Å². The molecule has 2 N–H and O–H groups in total. The zero-order valence-electron chi connectivity index (χ0n) is 13.0. The molecule has 0 radical (unpaired) electrons. The van der Waals surface area contributed by atoms with Crippen LogP contribution in [0.3, 0.4) is 0 Å². The number of aliphatic carboxylic acids is 1. The Hall–Kier alpha value is -2.96. The molecule has 0 saturated heterocycles. The number of methoxy groups -OCH3 is 2. The first kappa shape index (κ1) is 16.4. The van der Waals surface area contributed by atoms with Crippen molar-refractivity contribution >= 4 is 17.6 Å². The molecule has 122 valence electrons. The van der Waals surface area contributed by atoms with Crippen LogP contribution in [0.5, 0.6) is 11.5 Å². The first-order chi connectivity index (χ1) is 11.0. The number of carbonyl (C=O) groups is 2. The molecule has 1 aromatic carbocycles. The van der Waals surface area contributed by atoms with Crippen molar-refractivity contribution in [2.75, 3.05) is 19.5 Å². The lowest BCUT2D eigenvalue weighted by molar-refractivity contribution is -0.136. The summed E-state index contributed by atoms with van der Waals surface area (Å²) in [7, 11) is 3.01. The van der Waals surface area contributed by atoms with E-state index in [1.807, 2.05) is 0 Å². The number of nitrogens with one attached hydrogen (secondary N) is 1. The first-order valence-corrected chi connectivity index (χ1v) is 6.78. The number of hydrogen-bond donors (Lipinski definition) is 2. The zero-order chi connectivity index (χ0) is 17.0. The summed E-state index contributed by atoms with van der Waals surface area (Å²) in [5, 5.41) is 11.6. The van der Waals surface area contributed by atoms with Crippen LogP contribution in [0.1, 0.15) is 21.7 Å². The number of furan rings is 1. The van der Waals surface area contributed by atoms with E-state index in [-0.39, 0.29) is 17.7 Å². The molecule has 1 heterocycles. The molecular weight excluding hydrogens is 302 g/mol. The molecule has 0 bridgehead atoms. The van der Waals surface area contributed by atoms with E-state index in [2.05, 4.69) is 5.32 Å². The maximum atomic E-state index is 12.4. The molecule has 23 heavy (non-hydrogen) atoms. The van der Waals surface area contributed by atoms with E-state index in [4.69, 9.17) is 19.0 Å². The Kier molecular flexibility index (Phi) is 4.90. The minimum atomic E-state index is -1.07. The summed E-state index contributed by atoms with van der Waals surface area (Å²) >= 11 is 0. The van der Waals surface area contributed by atoms with Gasteiger partial charge in [0.15, 0.2) is 11.5 Å². The molecule has 2 aromatic rings. The molecule has 0 aliphatic rings. The smallest absolute Gasteiger partial charge is 0.311 e. The van der Waals surface area contributed by atoms with Crippen molar-refractivity contribution in [3.8, 4) is 11.5 Å². The van der Waals surface area contributed by atoms with Crippen molar-refractivity contribution in [2.24, 2.45) is 0 Å². The molecule has 7 heteroatoms. The van der Waals surface area contributed by atoms with E-state index in [9.17, 15) is 9.59 Å². The molecule has 0 spiro atoms. The molecule has 7 nitrogen and oxygen atoms in total. The average molecular weight is 319 g/mol. The number of ether oxygens (including phenoxy) is 2. The number of amides is 1. The van der Waals surface area contributed by atoms with E-state index in [1.165, 1.54) is 20.5 Å². The standard InChI is InChI=1S/C16H17NO6/c1-9-8-23-13(7-14(18)19)15(9)16(20)17-10-4-5-11(21-2)12(6-10)22-3/h4-6,8H,7H2,1-3H3,(H,17,20)(H,18,19). The van der Waals surface area contributed by atoms with Crippen molar-refractivity contribution in [1.82, 2.24) is 0 Å². The fraction of sp³-hybridized carbons (Fsp3) is 0.250. The van der Waals surface area contributed by atoms with E-state index >= 15 is 0 Å². The predicted molar refractivity (Wildman–Crippen MR) is 82.3 cm³/mol. The van der Waals surface area contributed by atoms with Crippen molar-refractivity contribution in [2.45, 2.75) is 13.3 Å². The lowest BCUT2D eigenvalue weighted by Gasteiger charge is -2.11. The fourth-order valence-electron chi connectivity index (χ4n) is 2.18. The van der Waals surface area contributed by atoms with Crippen LogP contribution >= 0.6 is 0 Å². The van der Waals surface area contributed by atoms with Gasteiger partial charge in [0.05, 0.1) is 26.0 Å². The predicted octanol–water partition coefficient (Wildman–Crippen LogP) is 2.48. The molecule has 2 rings (SSSR count). The van der Waals surface area contributed by atoms with E-state index in [0.29, 0.717) is 22.7 Å². The lowest BCUT2D eigenvalue weighted by atomic mass is 10.1. The number of carboxylic acid groups (broad SMARTS) is 1. The molecular formula is C16H17NO6. The third kappa shape index (κ3) is 3.63. The third-order valence-corrected chi connectivity index (χ3v) is 3.23. The second-order valence-corrected chi connectivity index (χ2v) is 4.81. The number of hydrogen-bond acceptors (Lipinski definition) is 5. The summed E-state index contributed by atoms with van der Waals surface area (Å²) in [4.78, 5) is 23.3. The summed E-state index contributed by atoms with van der Waals surface area (Å²) in [5.74, 6) is -0.385. The van der Waals surface area contributed by atoms with Gasteiger partial charge in [-0.2, -0.15) is 0 Å². The summed E-state index contributed by atoms with van der Waals surface area (Å²) < 4.78 is 15.5. The van der Waals surface area contributed by atoms with Gasteiger partial charge in [0, 0.05) is 17.3 Å². The van der Waals surface area contributed by atoms with Crippen molar-refractivity contribution < 1.29 is 28.6 Å². The lowest BCUT2D eigenvalue weighted by Crippen LogP contribution is -2.15. The van der Waals surface area contributed by atoms with Crippen molar-refractivity contribution in [3.05, 3.63) is 41.3 Å². The van der Waals surface area contributed by atoms with Crippen LogP contribution in [0.25, 0.3) is 0 Å². The van der Waals surface area contributed by atoms with Gasteiger partial charge in [-0.3, -0.25) is 9.59 Å². The summed E-state index contributed by atoms with van der Waals surface area (Å²) in [6.07, 6.45) is 1.00. The molecule has 0 aliphatic heterocycles. The average Bonchev–Trinajstić information content (AvgIpc) is 2.87. The van der Waals surface area contributed by atoms with E-state index in [1.54, 1.807) is 25.1 Å². The maximum absolute atomic E-state index is 12.4. The highest BCUT2D eigenvalue weighted by atomic mass is 16.5. The van der Waals surface area contributed by atoms with E-state index in [0.717, 1.165) is 0 Å². The minimum absolute atomic E-state index is 0.118. The third-order valence-electron chi connectivity index (χ3n) is 3.23. The minimum Gasteiger partial charge on any atom is -0.493 e. The van der Waals surface area contributed by atoms with Crippen LogP contribution in [-0.4, -0.2) is 31.2 Å². The highest BCUT2D eigenvalue weighted by Gasteiger charge is 2.21. The fourth-order valence-corrected chi connectivity index (χ4v) is 2.18. The van der Waals surface area contributed by atoms with Crippen molar-refractivity contribution in [1.29, 1.82) is 0 Å². The Morgan fingerprint density at radius 1 is 1.22 bits per heavy atom. The Morgan fingerprint density at radius 2 is 1.91 bits per heavy atom. The molecule has 0 aliphatic carbocycles. The number of aryl methyl sites for hydroxylation is 1. The highest BCUT2D eigenvalue weighted by Crippen LogP contribution is 2.30. The van der Waals surface area contributed by atoms with Gasteiger partial charge in [-0.25, -0.2) is 0 Å². The van der Waals surface area contributed by atoms with Gasteiger partial charge >= 0.3 is 5.97 Å². The molecule has 0 fully saturated rings. The number of carbonyl (C=O) groups excluding carboxylic acids is 1. The van der Waals surface area contributed by atoms with Gasteiger partial charge in [0.2, 0.25) is 0 Å². The normalized spacial score (nSPS) is 10.2.